The number of amides is 1. The standard InChI is InChI=1S/C19H22ClN3O4/c20-14-8-6-13(7-9-14)19-22-17(27-23-19)10-11-18(25)26-12-16(24)21-15-4-2-1-3-5-15/h6-9,15H,1-5,10-12H2,(H,21,24). The van der Waals surface area contributed by atoms with Crippen LogP contribution in [-0.4, -0.2) is 34.7 Å². The zero-order valence-corrected chi connectivity index (χ0v) is 15.7. The van der Waals surface area contributed by atoms with Crippen LogP contribution in [-0.2, 0) is 20.7 Å². The average Bonchev–Trinajstić information content (AvgIpc) is 3.15. The van der Waals surface area contributed by atoms with Crippen molar-refractivity contribution >= 4 is 23.5 Å². The molecule has 3 rings (SSSR count). The number of aromatic nitrogens is 2. The number of ether oxygens (including phenoxy) is 1. The minimum Gasteiger partial charge on any atom is -0.456 e. The third-order valence-electron chi connectivity index (χ3n) is 4.45. The molecular weight excluding hydrogens is 370 g/mol. The van der Waals surface area contributed by atoms with Gasteiger partial charge in [0.1, 0.15) is 0 Å². The number of rotatable bonds is 7. The molecule has 1 aromatic carbocycles. The summed E-state index contributed by atoms with van der Waals surface area (Å²) in [6.07, 6.45) is 5.79. The molecule has 1 heterocycles. The first-order valence-electron chi connectivity index (χ1n) is 9.13. The Morgan fingerprint density at radius 3 is 2.67 bits per heavy atom. The van der Waals surface area contributed by atoms with E-state index >= 15 is 0 Å². The van der Waals surface area contributed by atoms with Gasteiger partial charge in [0.25, 0.3) is 5.91 Å². The fourth-order valence-electron chi connectivity index (χ4n) is 3.02. The molecule has 0 unspecified atom stereocenters. The van der Waals surface area contributed by atoms with E-state index in [2.05, 4.69) is 15.5 Å². The topological polar surface area (TPSA) is 94.3 Å². The molecule has 27 heavy (non-hydrogen) atoms. The molecule has 7 nitrogen and oxygen atoms in total. The summed E-state index contributed by atoms with van der Waals surface area (Å²) < 4.78 is 10.2. The summed E-state index contributed by atoms with van der Waals surface area (Å²) in [5.74, 6) is 0.0450. The van der Waals surface area contributed by atoms with Gasteiger partial charge in [-0.1, -0.05) is 36.0 Å². The van der Waals surface area contributed by atoms with Crippen LogP contribution in [0.15, 0.2) is 28.8 Å². The van der Waals surface area contributed by atoms with Crippen molar-refractivity contribution in [1.82, 2.24) is 15.5 Å². The van der Waals surface area contributed by atoms with Crippen molar-refractivity contribution in [3.05, 3.63) is 35.2 Å². The highest BCUT2D eigenvalue weighted by molar-refractivity contribution is 6.30. The van der Waals surface area contributed by atoms with Crippen LogP contribution in [0.3, 0.4) is 0 Å². The molecule has 144 valence electrons. The Morgan fingerprint density at radius 1 is 1.19 bits per heavy atom. The van der Waals surface area contributed by atoms with Crippen molar-refractivity contribution in [3.8, 4) is 11.4 Å². The van der Waals surface area contributed by atoms with Gasteiger partial charge in [-0.2, -0.15) is 4.98 Å². The molecule has 1 aliphatic carbocycles. The number of benzene rings is 1. The van der Waals surface area contributed by atoms with Crippen LogP contribution in [0.5, 0.6) is 0 Å². The molecule has 0 bridgehead atoms. The quantitative estimate of drug-likeness (QED) is 0.727. The largest absolute Gasteiger partial charge is 0.456 e. The Kier molecular flexibility index (Phi) is 6.81. The van der Waals surface area contributed by atoms with Gasteiger partial charge in [-0.15, -0.1) is 0 Å². The zero-order valence-electron chi connectivity index (χ0n) is 14.9. The Labute approximate surface area is 162 Å². The van der Waals surface area contributed by atoms with Gasteiger partial charge in [0, 0.05) is 23.0 Å². The van der Waals surface area contributed by atoms with Gasteiger partial charge < -0.3 is 14.6 Å². The van der Waals surface area contributed by atoms with Gasteiger partial charge >= 0.3 is 5.97 Å². The molecule has 1 N–H and O–H groups in total. The fourth-order valence-corrected chi connectivity index (χ4v) is 3.14. The number of esters is 1. The number of nitrogens with one attached hydrogen (secondary N) is 1. The minimum absolute atomic E-state index is 0.0684. The lowest BCUT2D eigenvalue weighted by atomic mass is 9.95. The van der Waals surface area contributed by atoms with Gasteiger partial charge in [0.2, 0.25) is 11.7 Å². The molecule has 1 fully saturated rings. The summed E-state index contributed by atoms with van der Waals surface area (Å²) in [6, 6.07) is 7.26. The molecular formula is C19H22ClN3O4. The molecule has 0 saturated heterocycles. The normalized spacial score (nSPS) is 14.7. The third-order valence-corrected chi connectivity index (χ3v) is 4.70. The van der Waals surface area contributed by atoms with Crippen LogP contribution < -0.4 is 5.32 Å². The summed E-state index contributed by atoms with van der Waals surface area (Å²) in [7, 11) is 0. The van der Waals surface area contributed by atoms with E-state index in [4.69, 9.17) is 20.9 Å². The summed E-state index contributed by atoms with van der Waals surface area (Å²) >= 11 is 5.85. The van der Waals surface area contributed by atoms with Crippen molar-refractivity contribution in [2.24, 2.45) is 0 Å². The molecule has 2 aromatic rings. The number of hydrogen-bond acceptors (Lipinski definition) is 6. The molecule has 1 aromatic heterocycles. The van der Waals surface area contributed by atoms with E-state index in [-0.39, 0.29) is 31.4 Å². The number of nitrogens with zero attached hydrogens (tertiary/aromatic N) is 2. The predicted octanol–water partition coefficient (Wildman–Crippen LogP) is 3.31. The van der Waals surface area contributed by atoms with E-state index in [1.165, 1.54) is 6.42 Å². The van der Waals surface area contributed by atoms with Crippen molar-refractivity contribution in [1.29, 1.82) is 0 Å². The number of halogens is 1. The van der Waals surface area contributed by atoms with E-state index in [9.17, 15) is 9.59 Å². The Hall–Kier alpha value is -2.41. The molecule has 8 heteroatoms. The van der Waals surface area contributed by atoms with Crippen LogP contribution in [0.2, 0.25) is 5.02 Å². The first-order valence-corrected chi connectivity index (χ1v) is 9.51. The predicted molar refractivity (Wildman–Crippen MR) is 99.0 cm³/mol. The van der Waals surface area contributed by atoms with E-state index in [0.29, 0.717) is 16.7 Å². The number of hydrogen-bond donors (Lipinski definition) is 1. The summed E-state index contributed by atoms with van der Waals surface area (Å²) in [6.45, 7) is -0.255. The molecule has 1 saturated carbocycles. The second kappa shape index (κ2) is 9.50. The average molecular weight is 392 g/mol. The molecule has 0 radical (unpaired) electrons. The van der Waals surface area contributed by atoms with Crippen LogP contribution in [0.1, 0.15) is 44.4 Å². The summed E-state index contributed by atoms with van der Waals surface area (Å²) in [5, 5.41) is 7.42. The SMILES string of the molecule is O=C(COC(=O)CCc1nc(-c2ccc(Cl)cc2)no1)NC1CCCCC1. The van der Waals surface area contributed by atoms with Crippen LogP contribution in [0.25, 0.3) is 11.4 Å². The summed E-state index contributed by atoms with van der Waals surface area (Å²) in [5.41, 5.74) is 0.774. The third kappa shape index (κ3) is 6.06. The molecule has 0 aliphatic heterocycles. The number of carbonyl (C=O) groups excluding carboxylic acids is 2. The lowest BCUT2D eigenvalue weighted by Crippen LogP contribution is -2.38. The second-order valence-electron chi connectivity index (χ2n) is 6.58. The van der Waals surface area contributed by atoms with E-state index < -0.39 is 5.97 Å². The lowest BCUT2D eigenvalue weighted by molar-refractivity contribution is -0.148. The van der Waals surface area contributed by atoms with Crippen molar-refractivity contribution < 1.29 is 18.8 Å². The Morgan fingerprint density at radius 2 is 1.93 bits per heavy atom. The second-order valence-corrected chi connectivity index (χ2v) is 7.02. The van der Waals surface area contributed by atoms with Crippen LogP contribution in [0.4, 0.5) is 0 Å². The molecule has 0 spiro atoms. The van der Waals surface area contributed by atoms with Crippen molar-refractivity contribution in [3.63, 3.8) is 0 Å². The van der Waals surface area contributed by atoms with Gasteiger partial charge in [-0.3, -0.25) is 9.59 Å². The Balaban J connectivity index is 1.39. The highest BCUT2D eigenvalue weighted by Crippen LogP contribution is 2.19. The maximum Gasteiger partial charge on any atom is 0.306 e. The van der Waals surface area contributed by atoms with E-state index in [0.717, 1.165) is 31.2 Å². The molecule has 0 atom stereocenters. The van der Waals surface area contributed by atoms with E-state index in [1.807, 2.05) is 0 Å². The van der Waals surface area contributed by atoms with Gasteiger partial charge in [0.15, 0.2) is 6.61 Å². The number of carbonyl (C=O) groups is 2. The maximum atomic E-state index is 11.8. The number of aryl methyl sites for hydroxylation is 1. The van der Waals surface area contributed by atoms with Crippen molar-refractivity contribution in [2.75, 3.05) is 6.61 Å². The maximum absolute atomic E-state index is 11.8. The smallest absolute Gasteiger partial charge is 0.306 e. The molecule has 1 amide bonds. The fraction of sp³-hybridized carbons (Fsp3) is 0.474. The van der Waals surface area contributed by atoms with Gasteiger partial charge in [-0.05, 0) is 37.1 Å². The highest BCUT2D eigenvalue weighted by Gasteiger charge is 2.17. The summed E-state index contributed by atoms with van der Waals surface area (Å²) in [4.78, 5) is 27.9. The van der Waals surface area contributed by atoms with Gasteiger partial charge in [0.05, 0.1) is 6.42 Å². The first kappa shape index (κ1) is 19.4. The van der Waals surface area contributed by atoms with Crippen LogP contribution >= 0.6 is 11.6 Å². The minimum atomic E-state index is -0.472. The van der Waals surface area contributed by atoms with Crippen LogP contribution in [0, 0.1) is 0 Å². The van der Waals surface area contributed by atoms with Gasteiger partial charge in [-0.25, -0.2) is 0 Å². The van der Waals surface area contributed by atoms with Crippen molar-refractivity contribution in [2.45, 2.75) is 51.0 Å². The molecule has 1 aliphatic rings. The Bertz CT molecular complexity index is 770. The van der Waals surface area contributed by atoms with E-state index in [1.54, 1.807) is 24.3 Å². The highest BCUT2D eigenvalue weighted by atomic mass is 35.5. The zero-order chi connectivity index (χ0) is 19.1. The lowest BCUT2D eigenvalue weighted by Gasteiger charge is -2.22. The monoisotopic (exact) mass is 391 g/mol. The first-order chi connectivity index (χ1) is 13.1.